The summed E-state index contributed by atoms with van der Waals surface area (Å²) in [6.45, 7) is 0.804. The SMILES string of the molecule is c1ccc(C2(c3nc(C4CCCCO4)no3)CC2)cc1. The molecule has 1 unspecified atom stereocenters. The molecule has 4 rings (SSSR count). The van der Waals surface area contributed by atoms with Gasteiger partial charge in [-0.15, -0.1) is 0 Å². The van der Waals surface area contributed by atoms with Crippen LogP contribution >= 0.6 is 0 Å². The van der Waals surface area contributed by atoms with E-state index >= 15 is 0 Å². The van der Waals surface area contributed by atoms with E-state index in [1.54, 1.807) is 0 Å². The normalized spacial score (nSPS) is 24.5. The summed E-state index contributed by atoms with van der Waals surface area (Å²) < 4.78 is 11.3. The topological polar surface area (TPSA) is 48.2 Å². The fourth-order valence-corrected chi connectivity index (χ4v) is 3.01. The van der Waals surface area contributed by atoms with Crippen LogP contribution < -0.4 is 0 Å². The summed E-state index contributed by atoms with van der Waals surface area (Å²) in [5, 5.41) is 4.16. The third kappa shape index (κ3) is 1.95. The Kier molecular flexibility index (Phi) is 2.84. The van der Waals surface area contributed by atoms with Gasteiger partial charge < -0.3 is 9.26 Å². The van der Waals surface area contributed by atoms with Crippen molar-refractivity contribution in [3.05, 3.63) is 47.6 Å². The molecule has 0 bridgehead atoms. The zero-order valence-electron chi connectivity index (χ0n) is 11.4. The van der Waals surface area contributed by atoms with E-state index in [0.717, 1.165) is 44.0 Å². The van der Waals surface area contributed by atoms with Crippen molar-refractivity contribution in [3.63, 3.8) is 0 Å². The Labute approximate surface area is 118 Å². The monoisotopic (exact) mass is 270 g/mol. The van der Waals surface area contributed by atoms with Crippen molar-refractivity contribution in [2.75, 3.05) is 6.61 Å². The zero-order valence-corrected chi connectivity index (χ0v) is 11.4. The second kappa shape index (κ2) is 4.70. The smallest absolute Gasteiger partial charge is 0.237 e. The highest BCUT2D eigenvalue weighted by molar-refractivity contribution is 5.38. The predicted octanol–water partition coefficient (Wildman–Crippen LogP) is 3.39. The lowest BCUT2D eigenvalue weighted by molar-refractivity contribution is 0.00821. The number of rotatable bonds is 3. The van der Waals surface area contributed by atoms with Gasteiger partial charge in [0, 0.05) is 6.61 Å². The molecule has 0 amide bonds. The van der Waals surface area contributed by atoms with Crippen molar-refractivity contribution in [3.8, 4) is 0 Å². The fraction of sp³-hybridized carbons (Fsp3) is 0.500. The van der Waals surface area contributed by atoms with Crippen LogP contribution in [0.15, 0.2) is 34.9 Å². The molecule has 1 atom stereocenters. The van der Waals surface area contributed by atoms with E-state index in [1.165, 1.54) is 12.0 Å². The minimum atomic E-state index is -0.0405. The molecule has 1 aromatic heterocycles. The Morgan fingerprint density at radius 2 is 1.95 bits per heavy atom. The number of aromatic nitrogens is 2. The van der Waals surface area contributed by atoms with E-state index in [0.29, 0.717) is 0 Å². The molecule has 4 nitrogen and oxygen atoms in total. The molecule has 0 radical (unpaired) electrons. The maximum absolute atomic E-state index is 5.73. The molecule has 2 heterocycles. The van der Waals surface area contributed by atoms with Crippen LogP contribution in [0.3, 0.4) is 0 Å². The molecule has 0 spiro atoms. The van der Waals surface area contributed by atoms with E-state index in [-0.39, 0.29) is 11.5 Å². The van der Waals surface area contributed by atoms with Gasteiger partial charge in [0.15, 0.2) is 0 Å². The van der Waals surface area contributed by atoms with Gasteiger partial charge in [0.05, 0.1) is 5.41 Å². The lowest BCUT2D eigenvalue weighted by atomic mass is 9.96. The zero-order chi connectivity index (χ0) is 13.4. The highest BCUT2D eigenvalue weighted by Crippen LogP contribution is 2.52. The van der Waals surface area contributed by atoms with Crippen molar-refractivity contribution >= 4 is 0 Å². The van der Waals surface area contributed by atoms with Gasteiger partial charge in [-0.3, -0.25) is 0 Å². The molecule has 1 saturated carbocycles. The second-order valence-corrected chi connectivity index (χ2v) is 5.76. The number of hydrogen-bond donors (Lipinski definition) is 0. The summed E-state index contributed by atoms with van der Waals surface area (Å²) in [4.78, 5) is 4.64. The molecule has 20 heavy (non-hydrogen) atoms. The molecule has 2 aromatic rings. The predicted molar refractivity (Wildman–Crippen MR) is 73.3 cm³/mol. The van der Waals surface area contributed by atoms with Gasteiger partial charge in [0.2, 0.25) is 11.7 Å². The maximum atomic E-state index is 5.73. The third-order valence-corrected chi connectivity index (χ3v) is 4.40. The molecule has 4 heteroatoms. The van der Waals surface area contributed by atoms with E-state index < -0.39 is 0 Å². The molecule has 1 aliphatic heterocycles. The molecule has 104 valence electrons. The fourth-order valence-electron chi connectivity index (χ4n) is 3.01. The van der Waals surface area contributed by atoms with E-state index in [1.807, 2.05) is 6.07 Å². The van der Waals surface area contributed by atoms with Crippen molar-refractivity contribution < 1.29 is 9.26 Å². The van der Waals surface area contributed by atoms with Crippen molar-refractivity contribution in [1.82, 2.24) is 10.1 Å². The lowest BCUT2D eigenvalue weighted by Gasteiger charge is -2.19. The average molecular weight is 270 g/mol. The standard InChI is InChI=1S/C16H18N2O2/c1-2-6-12(7-3-1)16(9-10-16)15-17-14(18-20-15)13-8-4-5-11-19-13/h1-3,6-7,13H,4-5,8-11H2. The second-order valence-electron chi connectivity index (χ2n) is 5.76. The Morgan fingerprint density at radius 1 is 1.10 bits per heavy atom. The average Bonchev–Trinajstić information content (AvgIpc) is 3.19. The van der Waals surface area contributed by atoms with Gasteiger partial charge >= 0.3 is 0 Å². The number of benzene rings is 1. The third-order valence-electron chi connectivity index (χ3n) is 4.40. The Balaban J connectivity index is 1.62. The highest BCUT2D eigenvalue weighted by atomic mass is 16.5. The van der Waals surface area contributed by atoms with Crippen LogP contribution in [-0.4, -0.2) is 16.7 Å². The molecule has 1 saturated heterocycles. The first-order valence-corrected chi connectivity index (χ1v) is 7.40. The Bertz CT molecular complexity index is 584. The van der Waals surface area contributed by atoms with E-state index in [9.17, 15) is 0 Å². The summed E-state index contributed by atoms with van der Waals surface area (Å²) in [7, 11) is 0. The van der Waals surface area contributed by atoms with Gasteiger partial charge in [0.1, 0.15) is 6.10 Å². The molecule has 2 aliphatic rings. The molecule has 0 N–H and O–H groups in total. The van der Waals surface area contributed by atoms with Crippen LogP contribution in [0, 0.1) is 0 Å². The summed E-state index contributed by atoms with van der Waals surface area (Å²) in [5.41, 5.74) is 1.24. The van der Waals surface area contributed by atoms with Gasteiger partial charge in [-0.05, 0) is 37.7 Å². The summed E-state index contributed by atoms with van der Waals surface area (Å²) >= 11 is 0. The molecule has 1 aliphatic carbocycles. The van der Waals surface area contributed by atoms with Crippen molar-refractivity contribution in [2.24, 2.45) is 0 Å². The van der Waals surface area contributed by atoms with E-state index in [2.05, 4.69) is 34.4 Å². The Hall–Kier alpha value is -1.68. The lowest BCUT2D eigenvalue weighted by Crippen LogP contribution is -2.14. The number of nitrogens with zero attached hydrogens (tertiary/aromatic N) is 2. The van der Waals surface area contributed by atoms with Gasteiger partial charge in [-0.2, -0.15) is 4.98 Å². The van der Waals surface area contributed by atoms with Gasteiger partial charge in [0.25, 0.3) is 0 Å². The highest BCUT2D eigenvalue weighted by Gasteiger charge is 2.51. The first-order chi connectivity index (χ1) is 9.88. The van der Waals surface area contributed by atoms with Gasteiger partial charge in [-0.1, -0.05) is 35.5 Å². The molecule has 2 fully saturated rings. The quantitative estimate of drug-likeness (QED) is 0.857. The summed E-state index contributed by atoms with van der Waals surface area (Å²) in [5.74, 6) is 1.48. The largest absolute Gasteiger partial charge is 0.370 e. The van der Waals surface area contributed by atoms with Crippen LogP contribution in [0.2, 0.25) is 0 Å². The van der Waals surface area contributed by atoms with E-state index in [4.69, 9.17) is 9.26 Å². The van der Waals surface area contributed by atoms with Crippen LogP contribution in [0.5, 0.6) is 0 Å². The number of ether oxygens (including phenoxy) is 1. The molecular weight excluding hydrogens is 252 g/mol. The Morgan fingerprint density at radius 3 is 2.65 bits per heavy atom. The molecule has 1 aromatic carbocycles. The van der Waals surface area contributed by atoms with Crippen LogP contribution in [0.25, 0.3) is 0 Å². The first-order valence-electron chi connectivity index (χ1n) is 7.40. The van der Waals surface area contributed by atoms with Crippen molar-refractivity contribution in [2.45, 2.75) is 43.6 Å². The first kappa shape index (κ1) is 12.1. The summed E-state index contributed by atoms with van der Waals surface area (Å²) in [6.07, 6.45) is 5.51. The minimum absolute atomic E-state index is 0.0211. The van der Waals surface area contributed by atoms with Crippen molar-refractivity contribution in [1.29, 1.82) is 0 Å². The molecular formula is C16H18N2O2. The maximum Gasteiger partial charge on any atom is 0.237 e. The number of hydrogen-bond acceptors (Lipinski definition) is 4. The van der Waals surface area contributed by atoms with Crippen LogP contribution in [0.1, 0.15) is 55.5 Å². The summed E-state index contributed by atoms with van der Waals surface area (Å²) in [6, 6.07) is 10.5. The minimum Gasteiger partial charge on any atom is -0.370 e. The van der Waals surface area contributed by atoms with Crippen LogP contribution in [0.4, 0.5) is 0 Å². The van der Waals surface area contributed by atoms with Crippen LogP contribution in [-0.2, 0) is 10.2 Å². The van der Waals surface area contributed by atoms with Gasteiger partial charge in [-0.25, -0.2) is 0 Å².